The second-order valence-electron chi connectivity index (χ2n) is 4.25. The Morgan fingerprint density at radius 3 is 2.45 bits per heavy atom. The zero-order valence-corrected chi connectivity index (χ0v) is 13.4. The summed E-state index contributed by atoms with van der Waals surface area (Å²) in [6.07, 6.45) is 0. The van der Waals surface area contributed by atoms with Crippen molar-refractivity contribution in [3.05, 3.63) is 62.6 Å². The van der Waals surface area contributed by atoms with E-state index in [0.29, 0.717) is 20.8 Å². The molecule has 0 aliphatic heterocycles. The van der Waals surface area contributed by atoms with Crippen LogP contribution in [0.15, 0.2) is 36.4 Å². The maximum absolute atomic E-state index is 6.30. The smallest absolute Gasteiger partial charge is 0.125 e. The molecule has 0 saturated carbocycles. The molecule has 0 radical (unpaired) electrons. The van der Waals surface area contributed by atoms with Gasteiger partial charge in [-0.05, 0) is 30.8 Å². The van der Waals surface area contributed by atoms with Crippen LogP contribution in [-0.2, 0) is 0 Å². The molecule has 2 aromatic rings. The molecule has 0 bridgehead atoms. The Kier molecular flexibility index (Phi) is 5.17. The maximum Gasteiger partial charge on any atom is 0.125 e. The average Bonchev–Trinajstić information content (AvgIpc) is 2.45. The lowest BCUT2D eigenvalue weighted by Crippen LogP contribution is -2.19. The number of rotatable bonds is 4. The Hall–Kier alpha value is -0.930. The van der Waals surface area contributed by atoms with Gasteiger partial charge >= 0.3 is 0 Å². The highest BCUT2D eigenvalue weighted by molar-refractivity contribution is 6.42. The fraction of sp³-hybridized carbons (Fsp3) is 0.200. The Morgan fingerprint density at radius 2 is 1.80 bits per heavy atom. The molecule has 2 nitrogen and oxygen atoms in total. The zero-order valence-electron chi connectivity index (χ0n) is 11.1. The molecule has 106 valence electrons. The van der Waals surface area contributed by atoms with Crippen molar-refractivity contribution >= 4 is 34.8 Å². The van der Waals surface area contributed by atoms with Gasteiger partial charge in [0.2, 0.25) is 0 Å². The number of hydrogen-bond acceptors (Lipinski definition) is 2. The fourth-order valence-corrected chi connectivity index (χ4v) is 2.72. The monoisotopic (exact) mass is 329 g/mol. The summed E-state index contributed by atoms with van der Waals surface area (Å²) in [6, 6.07) is 11.0. The van der Waals surface area contributed by atoms with Crippen molar-refractivity contribution in [3.8, 4) is 5.75 Å². The van der Waals surface area contributed by atoms with Crippen molar-refractivity contribution in [2.45, 2.75) is 6.04 Å². The molecule has 0 spiro atoms. The molecule has 2 rings (SSSR count). The molecule has 20 heavy (non-hydrogen) atoms. The van der Waals surface area contributed by atoms with Crippen LogP contribution in [-0.4, -0.2) is 14.2 Å². The van der Waals surface area contributed by atoms with E-state index < -0.39 is 0 Å². The molecule has 0 heterocycles. The predicted octanol–water partition coefficient (Wildman–Crippen LogP) is 4.96. The molecular weight excluding hydrogens is 317 g/mol. The van der Waals surface area contributed by atoms with Crippen LogP contribution in [0.1, 0.15) is 17.2 Å². The van der Waals surface area contributed by atoms with Crippen LogP contribution in [0.2, 0.25) is 15.1 Å². The summed E-state index contributed by atoms with van der Waals surface area (Å²) in [5.74, 6) is 0.702. The Bertz CT molecular complexity index is 616. The van der Waals surface area contributed by atoms with Gasteiger partial charge in [-0.25, -0.2) is 0 Å². The van der Waals surface area contributed by atoms with E-state index >= 15 is 0 Å². The van der Waals surface area contributed by atoms with Gasteiger partial charge in [-0.1, -0.05) is 53.0 Å². The summed E-state index contributed by atoms with van der Waals surface area (Å²) in [5, 5.41) is 4.91. The predicted molar refractivity (Wildman–Crippen MR) is 85.4 cm³/mol. The van der Waals surface area contributed by atoms with Gasteiger partial charge in [0.1, 0.15) is 5.75 Å². The highest BCUT2D eigenvalue weighted by atomic mass is 35.5. The molecule has 5 heteroatoms. The normalized spacial score (nSPS) is 12.2. The minimum Gasteiger partial charge on any atom is -0.496 e. The fourth-order valence-electron chi connectivity index (χ4n) is 2.15. The SMILES string of the molecule is CNC(c1ccc(Cl)cc1OC)c1cccc(Cl)c1Cl. The molecule has 0 aliphatic carbocycles. The first-order valence-corrected chi connectivity index (χ1v) is 7.16. The van der Waals surface area contributed by atoms with Crippen molar-refractivity contribution < 1.29 is 4.74 Å². The van der Waals surface area contributed by atoms with Gasteiger partial charge in [0, 0.05) is 10.6 Å². The molecule has 0 saturated heterocycles. The minimum atomic E-state index is -0.131. The molecule has 0 fully saturated rings. The van der Waals surface area contributed by atoms with E-state index in [9.17, 15) is 0 Å². The van der Waals surface area contributed by atoms with E-state index in [0.717, 1.165) is 11.1 Å². The first kappa shape index (κ1) is 15.5. The Morgan fingerprint density at radius 1 is 1.05 bits per heavy atom. The van der Waals surface area contributed by atoms with Gasteiger partial charge in [-0.2, -0.15) is 0 Å². The average molecular weight is 331 g/mol. The zero-order chi connectivity index (χ0) is 14.7. The lowest BCUT2D eigenvalue weighted by molar-refractivity contribution is 0.405. The van der Waals surface area contributed by atoms with Crippen LogP contribution in [0.5, 0.6) is 5.75 Å². The summed E-state index contributed by atoms with van der Waals surface area (Å²) < 4.78 is 5.40. The van der Waals surface area contributed by atoms with Crippen LogP contribution in [0, 0.1) is 0 Å². The number of ether oxygens (including phenoxy) is 1. The first-order valence-electron chi connectivity index (χ1n) is 6.03. The van der Waals surface area contributed by atoms with E-state index in [1.807, 2.05) is 31.3 Å². The van der Waals surface area contributed by atoms with Gasteiger partial charge in [-0.15, -0.1) is 0 Å². The highest BCUT2D eigenvalue weighted by Crippen LogP contribution is 2.37. The molecule has 0 aromatic heterocycles. The summed E-state index contributed by atoms with van der Waals surface area (Å²) >= 11 is 18.4. The molecule has 0 amide bonds. The summed E-state index contributed by atoms with van der Waals surface area (Å²) in [7, 11) is 3.47. The number of halogens is 3. The Labute approximate surface area is 133 Å². The summed E-state index contributed by atoms with van der Waals surface area (Å²) in [4.78, 5) is 0. The lowest BCUT2D eigenvalue weighted by Gasteiger charge is -2.21. The second kappa shape index (κ2) is 6.68. The highest BCUT2D eigenvalue weighted by Gasteiger charge is 2.20. The third kappa shape index (κ3) is 3.04. The van der Waals surface area contributed by atoms with E-state index in [1.165, 1.54) is 0 Å². The molecule has 1 N–H and O–H groups in total. The van der Waals surface area contributed by atoms with Gasteiger partial charge in [0.05, 0.1) is 23.2 Å². The van der Waals surface area contributed by atoms with E-state index in [1.54, 1.807) is 19.2 Å². The molecule has 1 unspecified atom stereocenters. The van der Waals surface area contributed by atoms with Crippen molar-refractivity contribution in [2.24, 2.45) is 0 Å². The van der Waals surface area contributed by atoms with Crippen LogP contribution < -0.4 is 10.1 Å². The van der Waals surface area contributed by atoms with Gasteiger partial charge in [-0.3, -0.25) is 0 Å². The first-order chi connectivity index (χ1) is 9.58. The van der Waals surface area contributed by atoms with Crippen molar-refractivity contribution in [1.29, 1.82) is 0 Å². The van der Waals surface area contributed by atoms with Crippen molar-refractivity contribution in [3.63, 3.8) is 0 Å². The topological polar surface area (TPSA) is 21.3 Å². The number of benzene rings is 2. The third-order valence-corrected chi connectivity index (χ3v) is 4.16. The number of methoxy groups -OCH3 is 1. The van der Waals surface area contributed by atoms with Crippen LogP contribution in [0.4, 0.5) is 0 Å². The lowest BCUT2D eigenvalue weighted by atomic mass is 9.98. The van der Waals surface area contributed by atoms with Crippen LogP contribution >= 0.6 is 34.8 Å². The van der Waals surface area contributed by atoms with Gasteiger partial charge < -0.3 is 10.1 Å². The quantitative estimate of drug-likeness (QED) is 0.855. The van der Waals surface area contributed by atoms with Crippen LogP contribution in [0.3, 0.4) is 0 Å². The van der Waals surface area contributed by atoms with Gasteiger partial charge in [0.15, 0.2) is 0 Å². The second-order valence-corrected chi connectivity index (χ2v) is 5.47. The number of hydrogen-bond donors (Lipinski definition) is 1. The molecule has 1 atom stereocenters. The Balaban J connectivity index is 2.55. The van der Waals surface area contributed by atoms with Gasteiger partial charge in [0.25, 0.3) is 0 Å². The molecule has 0 aliphatic rings. The summed E-state index contributed by atoms with van der Waals surface area (Å²) in [5.41, 5.74) is 1.84. The maximum atomic E-state index is 6.30. The number of nitrogens with one attached hydrogen (secondary N) is 1. The third-order valence-electron chi connectivity index (χ3n) is 3.09. The largest absolute Gasteiger partial charge is 0.496 e. The standard InChI is InChI=1S/C15H14Cl3NO/c1-19-15(11-4-3-5-12(17)14(11)18)10-7-6-9(16)8-13(10)20-2/h3-8,15,19H,1-2H3. The van der Waals surface area contributed by atoms with E-state index in [2.05, 4.69) is 5.32 Å². The molecule has 2 aromatic carbocycles. The van der Waals surface area contributed by atoms with Crippen molar-refractivity contribution in [2.75, 3.05) is 14.2 Å². The van der Waals surface area contributed by atoms with E-state index in [-0.39, 0.29) is 6.04 Å². The van der Waals surface area contributed by atoms with Crippen molar-refractivity contribution in [1.82, 2.24) is 5.32 Å². The minimum absolute atomic E-state index is 0.131. The molecular formula is C15H14Cl3NO. The summed E-state index contributed by atoms with van der Waals surface area (Å²) in [6.45, 7) is 0. The van der Waals surface area contributed by atoms with Crippen LogP contribution in [0.25, 0.3) is 0 Å². The van der Waals surface area contributed by atoms with E-state index in [4.69, 9.17) is 39.5 Å².